The van der Waals surface area contributed by atoms with Crippen LogP contribution in [0.5, 0.6) is 11.5 Å². The van der Waals surface area contributed by atoms with Crippen molar-refractivity contribution in [2.75, 3.05) is 26.8 Å². The standard InChI is InChI=1S/C17H20N2O3/c1-20-15-5-7-16(8-6-15)22-13-11-19(10-3-9-18)14-17-4-2-12-21-17/h2,4-8,12H,3,10-11,13-14H2,1H3. The molecule has 0 aliphatic rings. The fraction of sp³-hybridized carbons (Fsp3) is 0.353. The van der Waals surface area contributed by atoms with E-state index in [0.717, 1.165) is 23.8 Å². The van der Waals surface area contributed by atoms with Crippen LogP contribution in [0.2, 0.25) is 0 Å². The first-order valence-electron chi connectivity index (χ1n) is 7.20. The van der Waals surface area contributed by atoms with Crippen molar-refractivity contribution in [3.8, 4) is 17.6 Å². The normalized spacial score (nSPS) is 10.4. The summed E-state index contributed by atoms with van der Waals surface area (Å²) in [5, 5.41) is 8.75. The van der Waals surface area contributed by atoms with Crippen LogP contribution in [0.15, 0.2) is 47.1 Å². The average Bonchev–Trinajstić information content (AvgIpc) is 3.06. The highest BCUT2D eigenvalue weighted by molar-refractivity contribution is 5.31. The van der Waals surface area contributed by atoms with Crippen LogP contribution in [-0.2, 0) is 6.54 Å². The van der Waals surface area contributed by atoms with E-state index in [1.54, 1.807) is 13.4 Å². The van der Waals surface area contributed by atoms with E-state index in [2.05, 4.69) is 11.0 Å². The Balaban J connectivity index is 1.80. The number of hydrogen-bond donors (Lipinski definition) is 0. The van der Waals surface area contributed by atoms with Gasteiger partial charge in [0.1, 0.15) is 23.9 Å². The molecule has 1 aromatic heterocycles. The zero-order valence-corrected chi connectivity index (χ0v) is 12.7. The second-order valence-corrected chi connectivity index (χ2v) is 4.79. The van der Waals surface area contributed by atoms with E-state index < -0.39 is 0 Å². The van der Waals surface area contributed by atoms with Gasteiger partial charge in [0.15, 0.2) is 0 Å². The van der Waals surface area contributed by atoms with Crippen LogP contribution in [-0.4, -0.2) is 31.7 Å². The topological polar surface area (TPSA) is 58.6 Å². The first-order valence-corrected chi connectivity index (χ1v) is 7.20. The lowest BCUT2D eigenvalue weighted by Crippen LogP contribution is -2.28. The minimum absolute atomic E-state index is 0.489. The largest absolute Gasteiger partial charge is 0.497 e. The van der Waals surface area contributed by atoms with E-state index in [1.807, 2.05) is 36.4 Å². The molecule has 2 aromatic rings. The number of rotatable bonds is 9. The Morgan fingerprint density at radius 3 is 2.55 bits per heavy atom. The van der Waals surface area contributed by atoms with E-state index in [4.69, 9.17) is 19.2 Å². The molecule has 5 nitrogen and oxygen atoms in total. The number of hydrogen-bond acceptors (Lipinski definition) is 5. The number of methoxy groups -OCH3 is 1. The summed E-state index contributed by atoms with van der Waals surface area (Å²) < 4.78 is 16.2. The summed E-state index contributed by atoms with van der Waals surface area (Å²) in [7, 11) is 1.64. The molecule has 0 fully saturated rings. The zero-order valence-electron chi connectivity index (χ0n) is 12.7. The van der Waals surface area contributed by atoms with Crippen LogP contribution >= 0.6 is 0 Å². The van der Waals surface area contributed by atoms with Gasteiger partial charge < -0.3 is 13.9 Å². The lowest BCUT2D eigenvalue weighted by molar-refractivity contribution is 0.195. The predicted octanol–water partition coefficient (Wildman–Crippen LogP) is 3.08. The molecule has 0 bridgehead atoms. The quantitative estimate of drug-likeness (QED) is 0.712. The summed E-state index contributed by atoms with van der Waals surface area (Å²) in [6, 6.07) is 13.5. The van der Waals surface area contributed by atoms with Crippen molar-refractivity contribution in [1.82, 2.24) is 4.90 Å². The van der Waals surface area contributed by atoms with Gasteiger partial charge in [-0.1, -0.05) is 0 Å². The summed E-state index contributed by atoms with van der Waals surface area (Å²) in [6.45, 7) is 2.66. The Bertz CT molecular complexity index is 573. The highest BCUT2D eigenvalue weighted by Gasteiger charge is 2.08. The molecule has 0 aliphatic carbocycles. The fourth-order valence-corrected chi connectivity index (χ4v) is 2.07. The smallest absolute Gasteiger partial charge is 0.119 e. The molecule has 0 saturated carbocycles. The van der Waals surface area contributed by atoms with Gasteiger partial charge in [-0.25, -0.2) is 0 Å². The van der Waals surface area contributed by atoms with E-state index in [0.29, 0.717) is 26.1 Å². The summed E-state index contributed by atoms with van der Waals surface area (Å²) in [5.41, 5.74) is 0. The molecule has 116 valence electrons. The minimum Gasteiger partial charge on any atom is -0.497 e. The second kappa shape index (κ2) is 8.75. The molecular weight excluding hydrogens is 280 g/mol. The molecule has 0 spiro atoms. The molecule has 0 saturated heterocycles. The molecule has 0 amide bonds. The Morgan fingerprint density at radius 2 is 1.91 bits per heavy atom. The van der Waals surface area contributed by atoms with Gasteiger partial charge in [0.2, 0.25) is 0 Å². The van der Waals surface area contributed by atoms with Crippen molar-refractivity contribution >= 4 is 0 Å². The van der Waals surface area contributed by atoms with Crippen LogP contribution in [0, 0.1) is 11.3 Å². The lowest BCUT2D eigenvalue weighted by Gasteiger charge is -2.20. The van der Waals surface area contributed by atoms with Crippen molar-refractivity contribution in [2.24, 2.45) is 0 Å². The van der Waals surface area contributed by atoms with E-state index in [9.17, 15) is 0 Å². The summed E-state index contributed by atoms with van der Waals surface area (Å²) in [5.74, 6) is 2.50. The average molecular weight is 300 g/mol. The Labute approximate surface area is 130 Å². The Hall–Kier alpha value is -2.45. The maximum atomic E-state index is 8.75. The highest BCUT2D eigenvalue weighted by atomic mass is 16.5. The number of nitrogens with zero attached hydrogens (tertiary/aromatic N) is 2. The number of furan rings is 1. The van der Waals surface area contributed by atoms with Gasteiger partial charge in [-0.05, 0) is 36.4 Å². The lowest BCUT2D eigenvalue weighted by atomic mass is 10.3. The molecule has 0 radical (unpaired) electrons. The summed E-state index contributed by atoms with van der Waals surface area (Å²) in [6.07, 6.45) is 2.15. The van der Waals surface area contributed by atoms with Gasteiger partial charge in [-0.15, -0.1) is 0 Å². The number of ether oxygens (including phenoxy) is 2. The van der Waals surface area contributed by atoms with Crippen LogP contribution in [0.25, 0.3) is 0 Å². The van der Waals surface area contributed by atoms with Crippen LogP contribution in [0.4, 0.5) is 0 Å². The molecule has 1 heterocycles. The molecule has 5 heteroatoms. The zero-order chi connectivity index (χ0) is 15.6. The van der Waals surface area contributed by atoms with Crippen LogP contribution in [0.1, 0.15) is 12.2 Å². The monoisotopic (exact) mass is 300 g/mol. The molecule has 2 rings (SSSR count). The molecule has 0 atom stereocenters. The minimum atomic E-state index is 0.489. The van der Waals surface area contributed by atoms with Gasteiger partial charge in [0.25, 0.3) is 0 Å². The van der Waals surface area contributed by atoms with Gasteiger partial charge in [0.05, 0.1) is 26.0 Å². The fourth-order valence-electron chi connectivity index (χ4n) is 2.07. The van der Waals surface area contributed by atoms with Gasteiger partial charge in [-0.3, -0.25) is 4.90 Å². The van der Waals surface area contributed by atoms with Crippen molar-refractivity contribution in [3.05, 3.63) is 48.4 Å². The first-order chi connectivity index (χ1) is 10.8. The third-order valence-electron chi connectivity index (χ3n) is 3.24. The molecule has 0 unspecified atom stereocenters. The summed E-state index contributed by atoms with van der Waals surface area (Å²) in [4.78, 5) is 2.14. The third-order valence-corrected chi connectivity index (χ3v) is 3.24. The highest BCUT2D eigenvalue weighted by Crippen LogP contribution is 2.17. The van der Waals surface area contributed by atoms with E-state index in [1.165, 1.54) is 0 Å². The van der Waals surface area contributed by atoms with Crippen molar-refractivity contribution in [2.45, 2.75) is 13.0 Å². The predicted molar refractivity (Wildman–Crippen MR) is 82.7 cm³/mol. The molecule has 1 aromatic carbocycles. The molecular formula is C17H20N2O3. The molecule has 0 N–H and O–H groups in total. The Morgan fingerprint density at radius 1 is 1.14 bits per heavy atom. The van der Waals surface area contributed by atoms with E-state index in [-0.39, 0.29) is 0 Å². The number of benzene rings is 1. The third kappa shape index (κ3) is 5.15. The van der Waals surface area contributed by atoms with Gasteiger partial charge in [-0.2, -0.15) is 5.26 Å². The number of nitriles is 1. The first kappa shape index (κ1) is 15.9. The summed E-state index contributed by atoms with van der Waals surface area (Å²) >= 11 is 0. The molecule has 0 aliphatic heterocycles. The SMILES string of the molecule is COc1ccc(OCCN(CCC#N)Cc2ccco2)cc1. The maximum absolute atomic E-state index is 8.75. The van der Waals surface area contributed by atoms with Gasteiger partial charge in [0, 0.05) is 19.5 Å². The van der Waals surface area contributed by atoms with Crippen molar-refractivity contribution < 1.29 is 13.9 Å². The van der Waals surface area contributed by atoms with Crippen molar-refractivity contribution in [3.63, 3.8) is 0 Å². The molecule has 22 heavy (non-hydrogen) atoms. The van der Waals surface area contributed by atoms with Crippen molar-refractivity contribution in [1.29, 1.82) is 5.26 Å². The Kier molecular flexibility index (Phi) is 6.34. The van der Waals surface area contributed by atoms with Crippen LogP contribution in [0.3, 0.4) is 0 Å². The van der Waals surface area contributed by atoms with Gasteiger partial charge >= 0.3 is 0 Å². The second-order valence-electron chi connectivity index (χ2n) is 4.79. The maximum Gasteiger partial charge on any atom is 0.119 e. The van der Waals surface area contributed by atoms with Crippen LogP contribution < -0.4 is 9.47 Å². The van der Waals surface area contributed by atoms with E-state index >= 15 is 0 Å².